The SMILES string of the molecule is CCOC(=O)c1c(NC(=O)CSc2nnc(CNC(=O)c3ccco3)n2-c2cccc(C)c2)sc2c1CCCC2. The quantitative estimate of drug-likeness (QED) is 0.200. The van der Waals surface area contributed by atoms with E-state index in [1.54, 1.807) is 19.1 Å². The molecule has 5 rings (SSSR count). The van der Waals surface area contributed by atoms with Gasteiger partial charge in [0.05, 0.1) is 30.7 Å². The molecule has 2 N–H and O–H groups in total. The Labute approximate surface area is 239 Å². The molecule has 40 heavy (non-hydrogen) atoms. The van der Waals surface area contributed by atoms with E-state index in [1.165, 1.54) is 29.4 Å². The van der Waals surface area contributed by atoms with Crippen LogP contribution in [0.15, 0.2) is 52.2 Å². The minimum absolute atomic E-state index is 0.0491. The molecular formula is C28H29N5O5S2. The third kappa shape index (κ3) is 6.13. The fourth-order valence-electron chi connectivity index (χ4n) is 4.55. The van der Waals surface area contributed by atoms with Crippen LogP contribution in [0.1, 0.15) is 62.5 Å². The lowest BCUT2D eigenvalue weighted by Crippen LogP contribution is -2.24. The largest absolute Gasteiger partial charge is 0.462 e. The van der Waals surface area contributed by atoms with Gasteiger partial charge >= 0.3 is 5.97 Å². The summed E-state index contributed by atoms with van der Waals surface area (Å²) in [6, 6.07) is 11.0. The van der Waals surface area contributed by atoms with Gasteiger partial charge in [-0.15, -0.1) is 21.5 Å². The van der Waals surface area contributed by atoms with Crippen molar-refractivity contribution in [2.45, 2.75) is 51.2 Å². The van der Waals surface area contributed by atoms with Gasteiger partial charge in [0.1, 0.15) is 5.00 Å². The van der Waals surface area contributed by atoms with Gasteiger partial charge in [-0.05, 0) is 74.9 Å². The number of furan rings is 1. The molecule has 12 heteroatoms. The molecule has 208 valence electrons. The predicted octanol–water partition coefficient (Wildman–Crippen LogP) is 4.95. The van der Waals surface area contributed by atoms with E-state index in [0.29, 0.717) is 21.5 Å². The van der Waals surface area contributed by atoms with Crippen molar-refractivity contribution in [1.82, 2.24) is 20.1 Å². The summed E-state index contributed by atoms with van der Waals surface area (Å²) in [5.74, 6) is -0.276. The van der Waals surface area contributed by atoms with E-state index in [9.17, 15) is 14.4 Å². The van der Waals surface area contributed by atoms with Crippen molar-refractivity contribution in [2.24, 2.45) is 0 Å². The van der Waals surface area contributed by atoms with Crippen molar-refractivity contribution in [1.29, 1.82) is 0 Å². The Balaban J connectivity index is 1.33. The maximum Gasteiger partial charge on any atom is 0.341 e. The fourth-order valence-corrected chi connectivity index (χ4v) is 6.62. The molecule has 2 amide bonds. The Kier molecular flexibility index (Phi) is 8.66. The van der Waals surface area contributed by atoms with Crippen LogP contribution < -0.4 is 10.6 Å². The van der Waals surface area contributed by atoms with Crippen LogP contribution in [-0.2, 0) is 28.9 Å². The first-order valence-corrected chi connectivity index (χ1v) is 14.8. The number of nitrogens with one attached hydrogen (secondary N) is 2. The molecule has 10 nitrogen and oxygen atoms in total. The zero-order chi connectivity index (χ0) is 28.1. The Bertz CT molecular complexity index is 1530. The van der Waals surface area contributed by atoms with Gasteiger partial charge in [0.15, 0.2) is 16.7 Å². The number of carbonyl (C=O) groups excluding carboxylic acids is 3. The van der Waals surface area contributed by atoms with E-state index in [0.717, 1.165) is 47.4 Å². The summed E-state index contributed by atoms with van der Waals surface area (Å²) >= 11 is 2.68. The van der Waals surface area contributed by atoms with Crippen LogP contribution in [0.25, 0.3) is 5.69 Å². The maximum absolute atomic E-state index is 13.1. The highest BCUT2D eigenvalue weighted by Crippen LogP contribution is 2.38. The summed E-state index contributed by atoms with van der Waals surface area (Å²) in [5, 5.41) is 15.4. The summed E-state index contributed by atoms with van der Waals surface area (Å²) in [6.07, 6.45) is 5.22. The summed E-state index contributed by atoms with van der Waals surface area (Å²) in [7, 11) is 0. The second-order valence-corrected chi connectivity index (χ2v) is 11.3. The number of benzene rings is 1. The number of hydrogen-bond acceptors (Lipinski definition) is 9. The number of esters is 1. The van der Waals surface area contributed by atoms with Crippen LogP contribution >= 0.6 is 23.1 Å². The van der Waals surface area contributed by atoms with Crippen molar-refractivity contribution in [2.75, 3.05) is 17.7 Å². The number of ether oxygens (including phenoxy) is 1. The normalized spacial score (nSPS) is 12.6. The van der Waals surface area contributed by atoms with E-state index in [2.05, 4.69) is 20.8 Å². The molecule has 0 radical (unpaired) electrons. The first-order valence-electron chi connectivity index (χ1n) is 13.0. The maximum atomic E-state index is 13.1. The molecule has 0 saturated heterocycles. The minimum atomic E-state index is -0.398. The van der Waals surface area contributed by atoms with Gasteiger partial charge in [0, 0.05) is 10.6 Å². The molecule has 0 atom stereocenters. The first kappa shape index (κ1) is 27.7. The van der Waals surface area contributed by atoms with Crippen LogP contribution in [-0.4, -0.2) is 44.9 Å². The molecule has 0 bridgehead atoms. The van der Waals surface area contributed by atoms with Crippen LogP contribution in [0.4, 0.5) is 5.00 Å². The van der Waals surface area contributed by atoms with Crippen LogP contribution in [0, 0.1) is 6.92 Å². The van der Waals surface area contributed by atoms with E-state index in [-0.39, 0.29) is 36.5 Å². The van der Waals surface area contributed by atoms with Crippen molar-refractivity contribution < 1.29 is 23.5 Å². The number of nitrogens with zero attached hydrogens (tertiary/aromatic N) is 3. The molecular weight excluding hydrogens is 550 g/mol. The molecule has 0 fully saturated rings. The van der Waals surface area contributed by atoms with Gasteiger partial charge in [-0.1, -0.05) is 23.9 Å². The number of rotatable bonds is 10. The number of aryl methyl sites for hydroxylation is 2. The summed E-state index contributed by atoms with van der Waals surface area (Å²) < 4.78 is 12.3. The first-order chi connectivity index (χ1) is 19.4. The molecule has 1 aliphatic carbocycles. The van der Waals surface area contributed by atoms with Gasteiger partial charge in [0.25, 0.3) is 5.91 Å². The van der Waals surface area contributed by atoms with Crippen molar-refractivity contribution in [3.63, 3.8) is 0 Å². The zero-order valence-corrected chi connectivity index (χ0v) is 23.8. The fraction of sp³-hybridized carbons (Fsp3) is 0.321. The smallest absolute Gasteiger partial charge is 0.341 e. The average molecular weight is 580 g/mol. The standard InChI is InChI=1S/C28H29N5O5S2/c1-3-37-27(36)24-19-10-4-5-12-21(19)40-26(24)30-23(34)16-39-28-32-31-22(15-29-25(35)20-11-7-13-38-20)33(28)18-9-6-8-17(2)14-18/h6-9,11,13-14H,3-5,10,12,15-16H2,1-2H3,(H,29,35)(H,30,34). The average Bonchev–Trinajstić information content (AvgIpc) is 3.69. The van der Waals surface area contributed by atoms with E-state index in [4.69, 9.17) is 9.15 Å². The molecule has 0 spiro atoms. The molecule has 0 saturated carbocycles. The lowest BCUT2D eigenvalue weighted by Gasteiger charge is -2.12. The number of amides is 2. The topological polar surface area (TPSA) is 128 Å². The number of hydrogen-bond donors (Lipinski definition) is 2. The summed E-state index contributed by atoms with van der Waals surface area (Å²) in [6.45, 7) is 4.13. The minimum Gasteiger partial charge on any atom is -0.462 e. The highest BCUT2D eigenvalue weighted by molar-refractivity contribution is 7.99. The molecule has 3 aromatic heterocycles. The van der Waals surface area contributed by atoms with Gasteiger partial charge in [-0.3, -0.25) is 14.2 Å². The molecule has 1 aliphatic rings. The Morgan fingerprint density at radius 3 is 2.77 bits per heavy atom. The van der Waals surface area contributed by atoms with Crippen molar-refractivity contribution >= 4 is 45.9 Å². The Hall–Kier alpha value is -3.90. The van der Waals surface area contributed by atoms with E-state index in [1.807, 2.05) is 35.8 Å². The highest BCUT2D eigenvalue weighted by atomic mass is 32.2. The number of carbonyl (C=O) groups is 3. The number of fused-ring (bicyclic) bond motifs is 1. The highest BCUT2D eigenvalue weighted by Gasteiger charge is 2.27. The van der Waals surface area contributed by atoms with Gasteiger partial charge in [-0.2, -0.15) is 0 Å². The number of aromatic nitrogens is 3. The lowest BCUT2D eigenvalue weighted by molar-refractivity contribution is -0.113. The second kappa shape index (κ2) is 12.5. The van der Waals surface area contributed by atoms with Crippen LogP contribution in [0.3, 0.4) is 0 Å². The number of thioether (sulfide) groups is 1. The van der Waals surface area contributed by atoms with Gasteiger partial charge in [-0.25, -0.2) is 4.79 Å². The molecule has 0 aliphatic heterocycles. The second-order valence-electron chi connectivity index (χ2n) is 9.21. The molecule has 4 aromatic rings. The summed E-state index contributed by atoms with van der Waals surface area (Å²) in [4.78, 5) is 39.4. The third-order valence-corrected chi connectivity index (χ3v) is 8.48. The van der Waals surface area contributed by atoms with Crippen LogP contribution in [0.2, 0.25) is 0 Å². The lowest BCUT2D eigenvalue weighted by atomic mass is 9.95. The molecule has 1 aromatic carbocycles. The number of anilines is 1. The monoisotopic (exact) mass is 579 g/mol. The van der Waals surface area contributed by atoms with E-state index < -0.39 is 5.97 Å². The molecule has 0 unspecified atom stereocenters. The Morgan fingerprint density at radius 2 is 2.00 bits per heavy atom. The third-order valence-electron chi connectivity index (χ3n) is 6.35. The van der Waals surface area contributed by atoms with Gasteiger partial charge < -0.3 is 19.8 Å². The zero-order valence-electron chi connectivity index (χ0n) is 22.2. The predicted molar refractivity (Wildman–Crippen MR) is 152 cm³/mol. The van der Waals surface area contributed by atoms with E-state index >= 15 is 0 Å². The molecule has 3 heterocycles. The van der Waals surface area contributed by atoms with Crippen LogP contribution in [0.5, 0.6) is 0 Å². The van der Waals surface area contributed by atoms with Crippen molar-refractivity contribution in [3.05, 3.63) is 75.8 Å². The summed E-state index contributed by atoms with van der Waals surface area (Å²) in [5.41, 5.74) is 3.33. The van der Waals surface area contributed by atoms with Gasteiger partial charge in [0.2, 0.25) is 5.91 Å². The Morgan fingerprint density at radius 1 is 1.15 bits per heavy atom. The number of thiophene rings is 1. The van der Waals surface area contributed by atoms with Crippen molar-refractivity contribution in [3.8, 4) is 5.69 Å².